The topological polar surface area (TPSA) is 121 Å². The number of carboxylic acid groups (broad SMARTS) is 1. The molecule has 0 aliphatic heterocycles. The van der Waals surface area contributed by atoms with E-state index in [4.69, 9.17) is 9.72 Å². The molecule has 0 bridgehead atoms. The van der Waals surface area contributed by atoms with Crippen molar-refractivity contribution in [2.24, 2.45) is 5.41 Å². The molecule has 3 aromatic rings. The summed E-state index contributed by atoms with van der Waals surface area (Å²) in [5.74, 6) is 0. The van der Waals surface area contributed by atoms with E-state index < -0.39 is 29.2 Å². The van der Waals surface area contributed by atoms with Gasteiger partial charge in [-0.15, -0.1) is 0 Å². The first-order chi connectivity index (χ1) is 19.3. The summed E-state index contributed by atoms with van der Waals surface area (Å²) in [5.41, 5.74) is 3.75. The molecule has 0 spiro atoms. The van der Waals surface area contributed by atoms with Crippen molar-refractivity contribution >= 4 is 17.8 Å². The second-order valence-electron chi connectivity index (χ2n) is 12.8. The zero-order valence-electron chi connectivity index (χ0n) is 25.1. The van der Waals surface area contributed by atoms with Crippen molar-refractivity contribution in [1.29, 1.82) is 0 Å². The van der Waals surface area contributed by atoms with Crippen LogP contribution < -0.4 is 10.6 Å². The van der Waals surface area contributed by atoms with Crippen molar-refractivity contribution in [1.82, 2.24) is 29.9 Å². The molecule has 10 nitrogen and oxygen atoms in total. The minimum atomic E-state index is -1.02. The van der Waals surface area contributed by atoms with E-state index in [1.807, 2.05) is 61.8 Å². The van der Waals surface area contributed by atoms with E-state index in [1.165, 1.54) is 10.5 Å². The molecule has 0 saturated carbocycles. The van der Waals surface area contributed by atoms with Gasteiger partial charge in [-0.3, -0.25) is 9.88 Å². The number of ether oxygens (including phenoxy) is 1. The average Bonchev–Trinajstić information content (AvgIpc) is 3.25. The van der Waals surface area contributed by atoms with Crippen LogP contribution in [0.2, 0.25) is 0 Å². The number of rotatable bonds is 9. The second-order valence-corrected chi connectivity index (χ2v) is 12.8. The number of pyridine rings is 2. The summed E-state index contributed by atoms with van der Waals surface area (Å²) >= 11 is 0. The molecular weight excluding hydrogens is 520 g/mol. The van der Waals surface area contributed by atoms with Gasteiger partial charge in [-0.25, -0.2) is 14.6 Å². The monoisotopic (exact) mass is 564 g/mol. The van der Waals surface area contributed by atoms with Crippen molar-refractivity contribution in [3.05, 3.63) is 65.4 Å². The van der Waals surface area contributed by atoms with Gasteiger partial charge < -0.3 is 24.9 Å². The minimum absolute atomic E-state index is 0.111. The lowest BCUT2D eigenvalue weighted by Crippen LogP contribution is -2.43. The Bertz CT molecular complexity index is 1360. The Labute approximate surface area is 242 Å². The van der Waals surface area contributed by atoms with E-state index >= 15 is 0 Å². The van der Waals surface area contributed by atoms with Crippen LogP contribution in [0.4, 0.5) is 9.59 Å². The SMILES string of the molecule is CC(C)(C)OC(=O)NCCCN(C(=O)O)C(c1c(CNC2CCCc3cccnc32)nc2ccccn12)C(C)(C)C. The van der Waals surface area contributed by atoms with Crippen LogP contribution in [0, 0.1) is 5.41 Å². The number of nitrogens with one attached hydrogen (secondary N) is 2. The third-order valence-electron chi connectivity index (χ3n) is 7.23. The fourth-order valence-corrected chi connectivity index (χ4v) is 5.63. The van der Waals surface area contributed by atoms with Crippen LogP contribution in [0.1, 0.15) is 95.5 Å². The van der Waals surface area contributed by atoms with Gasteiger partial charge in [0.15, 0.2) is 0 Å². The first-order valence-electron chi connectivity index (χ1n) is 14.4. The van der Waals surface area contributed by atoms with Gasteiger partial charge in [-0.1, -0.05) is 32.9 Å². The van der Waals surface area contributed by atoms with Gasteiger partial charge in [0.25, 0.3) is 0 Å². The summed E-state index contributed by atoms with van der Waals surface area (Å²) < 4.78 is 7.32. The molecule has 0 saturated heterocycles. The van der Waals surface area contributed by atoms with Crippen molar-refractivity contribution < 1.29 is 19.4 Å². The number of nitrogens with zero attached hydrogens (tertiary/aromatic N) is 4. The normalized spacial score (nSPS) is 16.2. The van der Waals surface area contributed by atoms with Crippen LogP contribution in [0.15, 0.2) is 42.7 Å². The number of hydrogen-bond donors (Lipinski definition) is 3. The van der Waals surface area contributed by atoms with Gasteiger partial charge >= 0.3 is 12.2 Å². The molecule has 2 unspecified atom stereocenters. The molecule has 10 heteroatoms. The van der Waals surface area contributed by atoms with Gasteiger partial charge in [-0.2, -0.15) is 0 Å². The van der Waals surface area contributed by atoms with E-state index in [2.05, 4.69) is 21.7 Å². The Hall–Kier alpha value is -3.66. The Balaban J connectivity index is 1.60. The van der Waals surface area contributed by atoms with Crippen LogP contribution in [0.5, 0.6) is 0 Å². The first-order valence-corrected chi connectivity index (χ1v) is 14.4. The van der Waals surface area contributed by atoms with E-state index in [9.17, 15) is 14.7 Å². The molecular formula is C31H44N6O4. The lowest BCUT2D eigenvalue weighted by molar-refractivity contribution is 0.0520. The quantitative estimate of drug-likeness (QED) is 0.278. The fraction of sp³-hybridized carbons (Fsp3) is 0.548. The largest absolute Gasteiger partial charge is 0.465 e. The van der Waals surface area contributed by atoms with Gasteiger partial charge in [0.1, 0.15) is 11.2 Å². The number of imidazole rings is 1. The highest BCUT2D eigenvalue weighted by Crippen LogP contribution is 2.40. The smallest absolute Gasteiger partial charge is 0.407 e. The maximum atomic E-state index is 12.7. The predicted molar refractivity (Wildman–Crippen MR) is 158 cm³/mol. The summed E-state index contributed by atoms with van der Waals surface area (Å²) in [6.45, 7) is 12.6. The number of amides is 2. The summed E-state index contributed by atoms with van der Waals surface area (Å²) in [7, 11) is 0. The number of carbonyl (C=O) groups is 2. The molecule has 1 aliphatic rings. The van der Waals surface area contributed by atoms with E-state index in [1.54, 1.807) is 20.8 Å². The van der Waals surface area contributed by atoms with Gasteiger partial charge in [0.2, 0.25) is 0 Å². The highest BCUT2D eigenvalue weighted by atomic mass is 16.6. The molecule has 3 N–H and O–H groups in total. The molecule has 0 radical (unpaired) electrons. The Morgan fingerprint density at radius 3 is 2.66 bits per heavy atom. The molecule has 0 fully saturated rings. The highest BCUT2D eigenvalue weighted by molar-refractivity contribution is 5.68. The number of carbonyl (C=O) groups excluding carboxylic acids is 1. The van der Waals surface area contributed by atoms with Crippen molar-refractivity contribution in [2.75, 3.05) is 13.1 Å². The van der Waals surface area contributed by atoms with Crippen molar-refractivity contribution in [2.45, 2.75) is 91.5 Å². The summed E-state index contributed by atoms with van der Waals surface area (Å²) in [6, 6.07) is 9.57. The van der Waals surface area contributed by atoms with Crippen LogP contribution in [0.25, 0.3) is 5.65 Å². The van der Waals surface area contributed by atoms with Gasteiger partial charge in [0.05, 0.1) is 29.2 Å². The van der Waals surface area contributed by atoms with Crippen LogP contribution in [-0.4, -0.2) is 55.3 Å². The Kier molecular flexibility index (Phi) is 9.21. The predicted octanol–water partition coefficient (Wildman–Crippen LogP) is 5.88. The average molecular weight is 565 g/mol. The molecule has 3 heterocycles. The molecule has 3 aromatic heterocycles. The minimum Gasteiger partial charge on any atom is -0.465 e. The number of alkyl carbamates (subject to hydrolysis) is 1. The zero-order valence-corrected chi connectivity index (χ0v) is 25.1. The van der Waals surface area contributed by atoms with Crippen LogP contribution >= 0.6 is 0 Å². The molecule has 2 amide bonds. The van der Waals surface area contributed by atoms with Gasteiger partial charge in [0, 0.05) is 32.0 Å². The summed E-state index contributed by atoms with van der Waals surface area (Å²) in [5, 5.41) is 16.9. The van der Waals surface area contributed by atoms with Gasteiger partial charge in [-0.05, 0) is 75.6 Å². The third kappa shape index (κ3) is 7.55. The molecule has 2 atom stereocenters. The molecule has 4 rings (SSSR count). The summed E-state index contributed by atoms with van der Waals surface area (Å²) in [6.07, 6.45) is 5.80. The second kappa shape index (κ2) is 12.5. The molecule has 1 aliphatic carbocycles. The van der Waals surface area contributed by atoms with E-state index in [-0.39, 0.29) is 12.6 Å². The lowest BCUT2D eigenvalue weighted by atomic mass is 9.82. The highest BCUT2D eigenvalue weighted by Gasteiger charge is 2.39. The van der Waals surface area contributed by atoms with E-state index in [0.717, 1.165) is 42.0 Å². The number of aryl methyl sites for hydroxylation is 1. The molecule has 0 aromatic carbocycles. The maximum Gasteiger partial charge on any atom is 0.407 e. The van der Waals surface area contributed by atoms with Crippen LogP contribution in [0.3, 0.4) is 0 Å². The molecule has 41 heavy (non-hydrogen) atoms. The number of fused-ring (bicyclic) bond motifs is 2. The molecule has 222 valence electrons. The van der Waals surface area contributed by atoms with E-state index in [0.29, 0.717) is 19.5 Å². The fourth-order valence-electron chi connectivity index (χ4n) is 5.63. The summed E-state index contributed by atoms with van der Waals surface area (Å²) in [4.78, 5) is 36.0. The Morgan fingerprint density at radius 1 is 1.17 bits per heavy atom. The third-order valence-corrected chi connectivity index (χ3v) is 7.23. The first kappa shape index (κ1) is 30.3. The number of aromatic nitrogens is 3. The zero-order chi connectivity index (χ0) is 29.8. The van der Waals surface area contributed by atoms with Crippen molar-refractivity contribution in [3.63, 3.8) is 0 Å². The standard InChI is InChI=1S/C31H44N6O4/c1-30(2,3)27(37(29(39)40)19-11-17-33-28(38)41-31(4,5)6)26-23(35-24-15-7-8-18-36(24)26)20-34-22-14-9-12-21-13-10-16-32-25(21)22/h7-8,10,13,15-16,18,22,27,34H,9,11-12,14,17,19-20H2,1-6H3,(H,33,38)(H,39,40). The van der Waals surface area contributed by atoms with Crippen LogP contribution in [-0.2, 0) is 17.7 Å². The van der Waals surface area contributed by atoms with Crippen molar-refractivity contribution in [3.8, 4) is 0 Å². The number of hydrogen-bond acceptors (Lipinski definition) is 6. The lowest BCUT2D eigenvalue weighted by Gasteiger charge is -2.39. The Morgan fingerprint density at radius 2 is 1.95 bits per heavy atom. The maximum absolute atomic E-state index is 12.7.